The summed E-state index contributed by atoms with van der Waals surface area (Å²) in [7, 11) is 0. The first kappa shape index (κ1) is 26.7. The van der Waals surface area contributed by atoms with Crippen LogP contribution in [0.1, 0.15) is 89.6 Å². The lowest BCUT2D eigenvalue weighted by molar-refractivity contribution is -0.133. The molecular weight excluding hydrogens is 414 g/mol. The van der Waals surface area contributed by atoms with Gasteiger partial charge in [0.1, 0.15) is 0 Å². The number of carboxylic acids is 1. The predicted molar refractivity (Wildman–Crippen MR) is 132 cm³/mol. The maximum absolute atomic E-state index is 12.8. The molecule has 1 aromatic carbocycles. The van der Waals surface area contributed by atoms with Gasteiger partial charge in [0.05, 0.1) is 17.7 Å². The fraction of sp³-hybridized carbons (Fsp3) is 0.571. The summed E-state index contributed by atoms with van der Waals surface area (Å²) in [5.41, 5.74) is 0.865. The van der Waals surface area contributed by atoms with Crippen LogP contribution in [0.5, 0.6) is 0 Å². The summed E-state index contributed by atoms with van der Waals surface area (Å²) in [6, 6.07) is 7.04. The van der Waals surface area contributed by atoms with Crippen molar-refractivity contribution in [2.45, 2.75) is 96.7 Å². The number of carbonyl (C=O) groups is 2. The smallest absolute Gasteiger partial charge is 0.335 e. The molecule has 0 spiro atoms. The van der Waals surface area contributed by atoms with Gasteiger partial charge in [-0.3, -0.25) is 4.79 Å². The zero-order valence-corrected chi connectivity index (χ0v) is 20.9. The minimum Gasteiger partial charge on any atom is -0.478 e. The molecule has 1 aromatic rings. The number of carbonyl (C=O) groups excluding carboxylic acids is 1. The lowest BCUT2D eigenvalue weighted by Crippen LogP contribution is -2.49. The first-order valence-electron chi connectivity index (χ1n) is 11.8. The summed E-state index contributed by atoms with van der Waals surface area (Å²) < 4.78 is 0. The van der Waals surface area contributed by atoms with Crippen molar-refractivity contribution >= 4 is 11.9 Å². The van der Waals surface area contributed by atoms with E-state index in [2.05, 4.69) is 39.5 Å². The lowest BCUT2D eigenvalue weighted by atomic mass is 9.77. The summed E-state index contributed by atoms with van der Waals surface area (Å²) in [6.07, 6.45) is 6.80. The van der Waals surface area contributed by atoms with Gasteiger partial charge in [-0.25, -0.2) is 4.79 Å². The van der Waals surface area contributed by atoms with Gasteiger partial charge in [0.2, 0.25) is 5.91 Å². The number of benzene rings is 1. The third-order valence-corrected chi connectivity index (χ3v) is 6.90. The van der Waals surface area contributed by atoms with Crippen LogP contribution in [-0.2, 0) is 10.2 Å². The number of rotatable bonds is 10. The zero-order valence-electron chi connectivity index (χ0n) is 20.9. The highest BCUT2D eigenvalue weighted by molar-refractivity contribution is 5.87. The summed E-state index contributed by atoms with van der Waals surface area (Å²) in [4.78, 5) is 25.9. The zero-order chi connectivity index (χ0) is 24.8. The van der Waals surface area contributed by atoms with E-state index in [1.165, 1.54) is 0 Å². The van der Waals surface area contributed by atoms with Crippen molar-refractivity contribution in [1.29, 1.82) is 0 Å². The highest BCUT2D eigenvalue weighted by atomic mass is 16.4. The highest BCUT2D eigenvalue weighted by Crippen LogP contribution is 2.36. The molecule has 5 heteroatoms. The van der Waals surface area contributed by atoms with Gasteiger partial charge >= 0.3 is 5.97 Å². The van der Waals surface area contributed by atoms with Crippen molar-refractivity contribution in [3.05, 3.63) is 47.5 Å². The normalized spacial score (nSPS) is 18.8. The molecule has 180 valence electrons. The number of carboxylic acid groups (broad SMARTS) is 1. The molecule has 0 aliphatic carbocycles. The number of nitrogens with zero attached hydrogens (tertiary/aromatic N) is 1. The lowest BCUT2D eigenvalue weighted by Gasteiger charge is -2.41. The van der Waals surface area contributed by atoms with E-state index in [4.69, 9.17) is 5.11 Å². The standard InChI is InChI=1S/C28H39NO4/c1-7-8-9-20(2)24(30)16-14-23-15-17-25(31)29(23)28(5,6)19-18-27(3,4)22-12-10-21(11-13-22)26(32)33/h10-14,16,20,23-24,30H,9,15,17-19H2,1-6H3,(H,32,33)/b16-14+/t20-,23-,24+/m0/s1. The van der Waals surface area contributed by atoms with Crippen LogP contribution in [0.25, 0.3) is 0 Å². The fourth-order valence-corrected chi connectivity index (χ4v) is 4.44. The number of aliphatic hydroxyl groups excluding tert-OH is 1. The van der Waals surface area contributed by atoms with Gasteiger partial charge in [0.15, 0.2) is 0 Å². The third kappa shape index (κ3) is 6.95. The van der Waals surface area contributed by atoms with Crippen molar-refractivity contribution < 1.29 is 19.8 Å². The van der Waals surface area contributed by atoms with Crippen molar-refractivity contribution in [2.24, 2.45) is 5.92 Å². The van der Waals surface area contributed by atoms with E-state index in [1.807, 2.05) is 36.1 Å². The maximum Gasteiger partial charge on any atom is 0.335 e. The van der Waals surface area contributed by atoms with Crippen LogP contribution in [0.2, 0.25) is 0 Å². The number of hydrogen-bond acceptors (Lipinski definition) is 3. The maximum atomic E-state index is 12.8. The molecule has 0 aromatic heterocycles. The molecule has 1 saturated heterocycles. The summed E-state index contributed by atoms with van der Waals surface area (Å²) in [5.74, 6) is 5.14. The van der Waals surface area contributed by atoms with E-state index in [-0.39, 0.29) is 34.4 Å². The summed E-state index contributed by atoms with van der Waals surface area (Å²) in [6.45, 7) is 12.3. The van der Waals surface area contributed by atoms with Gasteiger partial charge < -0.3 is 15.1 Å². The largest absolute Gasteiger partial charge is 0.478 e. The van der Waals surface area contributed by atoms with Gasteiger partial charge in [-0.2, -0.15) is 0 Å². The second-order valence-corrected chi connectivity index (χ2v) is 10.4. The monoisotopic (exact) mass is 453 g/mol. The summed E-state index contributed by atoms with van der Waals surface area (Å²) >= 11 is 0. The molecule has 2 rings (SSSR count). The van der Waals surface area contributed by atoms with Crippen LogP contribution in [0.15, 0.2) is 36.4 Å². The van der Waals surface area contributed by atoms with E-state index < -0.39 is 12.1 Å². The minimum atomic E-state index is -0.926. The Labute approximate surface area is 198 Å². The minimum absolute atomic E-state index is 0.0235. The molecule has 0 saturated carbocycles. The molecule has 1 fully saturated rings. The van der Waals surface area contributed by atoms with E-state index in [0.717, 1.165) is 24.8 Å². The second kappa shape index (κ2) is 11.0. The summed E-state index contributed by atoms with van der Waals surface area (Å²) in [5, 5.41) is 19.6. The van der Waals surface area contributed by atoms with Crippen LogP contribution >= 0.6 is 0 Å². The average Bonchev–Trinajstić information content (AvgIpc) is 3.15. The quantitative estimate of drug-likeness (QED) is 0.378. The predicted octanol–water partition coefficient (Wildman–Crippen LogP) is 5.18. The number of amides is 1. The van der Waals surface area contributed by atoms with Crippen LogP contribution in [0, 0.1) is 17.8 Å². The SMILES string of the molecule is CC#CC[C@H](C)[C@H](O)/C=C/[C@H]1CCC(=O)N1C(C)(C)CCC(C)(C)c1ccc(C(=O)O)cc1. The molecule has 0 bridgehead atoms. The fourth-order valence-electron chi connectivity index (χ4n) is 4.44. The number of aliphatic hydroxyl groups is 1. The third-order valence-electron chi connectivity index (χ3n) is 6.90. The van der Waals surface area contributed by atoms with E-state index in [9.17, 15) is 14.7 Å². The van der Waals surface area contributed by atoms with Crippen molar-refractivity contribution in [3.63, 3.8) is 0 Å². The van der Waals surface area contributed by atoms with Crippen molar-refractivity contribution in [1.82, 2.24) is 4.90 Å². The van der Waals surface area contributed by atoms with E-state index in [1.54, 1.807) is 19.1 Å². The van der Waals surface area contributed by atoms with Gasteiger partial charge in [0.25, 0.3) is 0 Å². The molecule has 0 unspecified atom stereocenters. The first-order valence-corrected chi connectivity index (χ1v) is 11.8. The Morgan fingerprint density at radius 3 is 2.42 bits per heavy atom. The molecule has 33 heavy (non-hydrogen) atoms. The Morgan fingerprint density at radius 1 is 1.21 bits per heavy atom. The van der Waals surface area contributed by atoms with Crippen LogP contribution in [0.4, 0.5) is 0 Å². The van der Waals surface area contributed by atoms with E-state index >= 15 is 0 Å². The Kier molecular flexibility index (Phi) is 8.91. The van der Waals surface area contributed by atoms with Crippen LogP contribution < -0.4 is 0 Å². The topological polar surface area (TPSA) is 77.8 Å². The number of aromatic carboxylic acids is 1. The average molecular weight is 454 g/mol. The van der Waals surface area contributed by atoms with Crippen molar-refractivity contribution in [2.75, 3.05) is 0 Å². The van der Waals surface area contributed by atoms with Gasteiger partial charge in [-0.1, -0.05) is 45.1 Å². The van der Waals surface area contributed by atoms with Gasteiger partial charge in [-0.05, 0) is 69.1 Å². The van der Waals surface area contributed by atoms with Crippen LogP contribution in [-0.4, -0.2) is 44.7 Å². The van der Waals surface area contributed by atoms with Crippen molar-refractivity contribution in [3.8, 4) is 11.8 Å². The Hall–Kier alpha value is -2.58. The number of likely N-dealkylation sites (tertiary alicyclic amines) is 1. The Bertz CT molecular complexity index is 917. The first-order chi connectivity index (χ1) is 15.4. The molecule has 1 amide bonds. The molecule has 1 aliphatic heterocycles. The van der Waals surface area contributed by atoms with Crippen LogP contribution in [0.3, 0.4) is 0 Å². The Balaban J connectivity index is 2.09. The molecule has 1 aliphatic rings. The molecular formula is C28H39NO4. The van der Waals surface area contributed by atoms with Gasteiger partial charge in [0, 0.05) is 18.4 Å². The molecule has 3 atom stereocenters. The Morgan fingerprint density at radius 2 is 1.85 bits per heavy atom. The molecule has 2 N–H and O–H groups in total. The molecule has 5 nitrogen and oxygen atoms in total. The molecule has 0 radical (unpaired) electrons. The number of hydrogen-bond donors (Lipinski definition) is 2. The second-order valence-electron chi connectivity index (χ2n) is 10.4. The van der Waals surface area contributed by atoms with E-state index in [0.29, 0.717) is 12.8 Å². The molecule has 1 heterocycles. The highest BCUT2D eigenvalue weighted by Gasteiger charge is 2.40. The van der Waals surface area contributed by atoms with Gasteiger partial charge in [-0.15, -0.1) is 11.8 Å².